The molecular weight excluding hydrogens is 334 g/mol. The number of aliphatic hydroxyl groups excluding tert-OH is 3. The Morgan fingerprint density at radius 2 is 1.08 bits per heavy atom. The third kappa shape index (κ3) is 25.5. The van der Waals surface area contributed by atoms with Crippen LogP contribution in [0.1, 0.15) is 85.5 Å². The van der Waals surface area contributed by atoms with Gasteiger partial charge in [-0.15, -0.1) is 0 Å². The number of carbonyl (C=O) groups is 1. The summed E-state index contributed by atoms with van der Waals surface area (Å²) < 4.78 is 0. The molecule has 0 heterocycles. The maximum Gasteiger partial charge on any atom is 0.303 e. The van der Waals surface area contributed by atoms with Crippen LogP contribution < -0.4 is 0 Å². The van der Waals surface area contributed by atoms with E-state index >= 15 is 0 Å². The number of hydrogen-bond acceptors (Lipinski definition) is 5. The number of hydrogen-bond donors (Lipinski definition) is 4. The molecule has 0 bridgehead atoms. The first kappa shape index (κ1) is 27.5. The van der Waals surface area contributed by atoms with Gasteiger partial charge in [-0.3, -0.25) is 9.69 Å². The Kier molecular flexibility index (Phi) is 20.2. The predicted octanol–water partition coefficient (Wildman–Crippen LogP) is 3.03. The lowest BCUT2D eigenvalue weighted by Gasteiger charge is -2.25. The molecule has 0 aromatic heterocycles. The van der Waals surface area contributed by atoms with Gasteiger partial charge in [0.2, 0.25) is 0 Å². The van der Waals surface area contributed by atoms with E-state index in [2.05, 4.69) is 6.92 Å². The van der Waals surface area contributed by atoms with E-state index in [-0.39, 0.29) is 0 Å². The quantitative estimate of drug-likeness (QED) is 0.327. The summed E-state index contributed by atoms with van der Waals surface area (Å²) in [6.07, 6.45) is 8.75. The molecule has 3 unspecified atom stereocenters. The Balaban J connectivity index is 0. The number of unbranched alkanes of at least 4 members (excludes halogenated alkanes) is 7. The van der Waals surface area contributed by atoms with Crippen molar-refractivity contribution in [2.24, 2.45) is 0 Å². The molecular formula is C20H43NO5. The lowest BCUT2D eigenvalue weighted by Crippen LogP contribution is -2.40. The van der Waals surface area contributed by atoms with Crippen molar-refractivity contribution in [1.29, 1.82) is 0 Å². The van der Waals surface area contributed by atoms with Crippen molar-refractivity contribution in [2.75, 3.05) is 19.6 Å². The van der Waals surface area contributed by atoms with Crippen LogP contribution in [-0.2, 0) is 4.79 Å². The Bertz CT molecular complexity index is 285. The van der Waals surface area contributed by atoms with Crippen LogP contribution in [0.2, 0.25) is 0 Å². The van der Waals surface area contributed by atoms with Gasteiger partial charge in [0.15, 0.2) is 0 Å². The highest BCUT2D eigenvalue weighted by molar-refractivity contribution is 5.66. The first-order valence-electron chi connectivity index (χ1n) is 10.2. The van der Waals surface area contributed by atoms with Crippen molar-refractivity contribution in [3.63, 3.8) is 0 Å². The molecule has 0 aliphatic carbocycles. The predicted molar refractivity (Wildman–Crippen MR) is 106 cm³/mol. The van der Waals surface area contributed by atoms with Gasteiger partial charge >= 0.3 is 5.97 Å². The molecule has 0 fully saturated rings. The molecule has 0 aromatic carbocycles. The van der Waals surface area contributed by atoms with Gasteiger partial charge in [0.25, 0.3) is 0 Å². The van der Waals surface area contributed by atoms with Crippen molar-refractivity contribution >= 4 is 5.97 Å². The second-order valence-electron chi connectivity index (χ2n) is 7.38. The molecule has 0 spiro atoms. The molecule has 3 atom stereocenters. The van der Waals surface area contributed by atoms with Crippen LogP contribution in [0.15, 0.2) is 0 Å². The van der Waals surface area contributed by atoms with Gasteiger partial charge in [-0.2, -0.15) is 0 Å². The van der Waals surface area contributed by atoms with Crippen LogP contribution in [0.5, 0.6) is 0 Å². The third-order valence-corrected chi connectivity index (χ3v) is 3.81. The molecule has 0 rings (SSSR count). The van der Waals surface area contributed by atoms with Crippen molar-refractivity contribution in [3.8, 4) is 0 Å². The van der Waals surface area contributed by atoms with Gasteiger partial charge in [0.05, 0.1) is 18.3 Å². The fourth-order valence-electron chi connectivity index (χ4n) is 2.75. The van der Waals surface area contributed by atoms with Crippen LogP contribution in [0.25, 0.3) is 0 Å². The Hall–Kier alpha value is -0.690. The van der Waals surface area contributed by atoms with Crippen molar-refractivity contribution in [2.45, 2.75) is 104 Å². The minimum absolute atomic E-state index is 0.342. The van der Waals surface area contributed by atoms with Crippen molar-refractivity contribution in [3.05, 3.63) is 0 Å². The van der Waals surface area contributed by atoms with Gasteiger partial charge in [-0.25, -0.2) is 0 Å². The van der Waals surface area contributed by atoms with Crippen LogP contribution in [0.4, 0.5) is 0 Å². The zero-order chi connectivity index (χ0) is 20.4. The summed E-state index contributed by atoms with van der Waals surface area (Å²) >= 11 is 0. The maximum absolute atomic E-state index is 10.2. The average molecular weight is 378 g/mol. The molecule has 6 nitrogen and oxygen atoms in total. The summed E-state index contributed by atoms with van der Waals surface area (Å²) in [7, 11) is 0. The van der Waals surface area contributed by atoms with E-state index in [0.717, 1.165) is 12.8 Å². The van der Waals surface area contributed by atoms with Crippen LogP contribution in [-0.4, -0.2) is 69.2 Å². The lowest BCUT2D eigenvalue weighted by atomic mass is 10.1. The fourth-order valence-corrected chi connectivity index (χ4v) is 2.75. The highest BCUT2D eigenvalue weighted by Gasteiger charge is 2.12. The monoisotopic (exact) mass is 377 g/mol. The first-order valence-corrected chi connectivity index (χ1v) is 10.2. The summed E-state index contributed by atoms with van der Waals surface area (Å²) in [6.45, 7) is 8.74. The molecule has 0 aliphatic rings. The van der Waals surface area contributed by atoms with Crippen molar-refractivity contribution < 1.29 is 25.2 Å². The number of rotatable bonds is 15. The van der Waals surface area contributed by atoms with E-state index in [1.54, 1.807) is 20.8 Å². The highest BCUT2D eigenvalue weighted by atomic mass is 16.4. The van der Waals surface area contributed by atoms with E-state index in [0.29, 0.717) is 26.1 Å². The topological polar surface area (TPSA) is 101 Å². The van der Waals surface area contributed by atoms with E-state index in [1.165, 1.54) is 38.5 Å². The second-order valence-corrected chi connectivity index (χ2v) is 7.38. The Morgan fingerprint density at radius 1 is 0.731 bits per heavy atom. The molecule has 0 aliphatic heterocycles. The minimum atomic E-state index is -0.661. The van der Waals surface area contributed by atoms with E-state index in [1.807, 2.05) is 4.90 Å². The Labute approximate surface area is 160 Å². The largest absolute Gasteiger partial charge is 0.481 e. The molecule has 0 amide bonds. The summed E-state index contributed by atoms with van der Waals surface area (Å²) in [5, 5.41) is 35.8. The van der Waals surface area contributed by atoms with Crippen LogP contribution in [0, 0.1) is 0 Å². The number of nitrogens with zero attached hydrogens (tertiary/aromatic N) is 1. The summed E-state index contributed by atoms with van der Waals surface area (Å²) in [6, 6.07) is 0. The SMILES string of the molecule is CC(O)CN(CC(C)O)CC(C)O.CCCCCCCCCCC(=O)O. The summed E-state index contributed by atoms with van der Waals surface area (Å²) in [4.78, 5) is 12.0. The molecule has 0 saturated heterocycles. The zero-order valence-electron chi connectivity index (χ0n) is 17.4. The standard InChI is InChI=1S/C11H22O2.C9H21NO3/c1-2-3-4-5-6-7-8-9-10-11(12)13;1-7(11)4-10(5-8(2)12)6-9(3)13/h2-10H2,1H3,(H,12,13);7-9,11-13H,4-6H2,1-3H3. The highest BCUT2D eigenvalue weighted by Crippen LogP contribution is 2.09. The average Bonchev–Trinajstić information content (AvgIpc) is 2.48. The normalized spacial score (nSPS) is 14.5. The van der Waals surface area contributed by atoms with E-state index < -0.39 is 24.3 Å². The first-order chi connectivity index (χ1) is 12.2. The van der Waals surface area contributed by atoms with E-state index in [4.69, 9.17) is 20.4 Å². The molecule has 0 saturated carbocycles. The number of aliphatic carboxylic acids is 1. The van der Waals surface area contributed by atoms with E-state index in [9.17, 15) is 4.79 Å². The summed E-state index contributed by atoms with van der Waals surface area (Å²) in [5.74, 6) is -0.661. The Morgan fingerprint density at radius 3 is 1.38 bits per heavy atom. The summed E-state index contributed by atoms with van der Waals surface area (Å²) in [5.41, 5.74) is 0. The molecule has 158 valence electrons. The zero-order valence-corrected chi connectivity index (χ0v) is 17.4. The van der Waals surface area contributed by atoms with Gasteiger partial charge in [-0.1, -0.05) is 51.9 Å². The second kappa shape index (κ2) is 19.1. The van der Waals surface area contributed by atoms with Gasteiger partial charge in [-0.05, 0) is 27.2 Å². The van der Waals surface area contributed by atoms with Crippen LogP contribution in [0.3, 0.4) is 0 Å². The molecule has 6 heteroatoms. The third-order valence-electron chi connectivity index (χ3n) is 3.81. The molecule has 0 aromatic rings. The number of carboxylic acid groups (broad SMARTS) is 1. The van der Waals surface area contributed by atoms with Gasteiger partial charge in [0, 0.05) is 26.1 Å². The lowest BCUT2D eigenvalue weighted by molar-refractivity contribution is -0.137. The molecule has 0 radical (unpaired) electrons. The number of aliphatic hydroxyl groups is 3. The molecule has 26 heavy (non-hydrogen) atoms. The maximum atomic E-state index is 10.2. The molecule has 4 N–H and O–H groups in total. The minimum Gasteiger partial charge on any atom is -0.481 e. The fraction of sp³-hybridized carbons (Fsp3) is 0.950. The smallest absolute Gasteiger partial charge is 0.303 e. The van der Waals surface area contributed by atoms with Gasteiger partial charge in [0.1, 0.15) is 0 Å². The van der Waals surface area contributed by atoms with Gasteiger partial charge < -0.3 is 20.4 Å². The van der Waals surface area contributed by atoms with Crippen molar-refractivity contribution in [1.82, 2.24) is 4.90 Å². The van der Waals surface area contributed by atoms with Crippen LogP contribution >= 0.6 is 0 Å². The number of carboxylic acids is 1.